The SMILES string of the molecule is CCNC(=NCC(c1ccc(OC)cc1)N1CCCC1)NCCc1nc(C(C)C)no1.I. The molecule has 2 aromatic rings. The van der Waals surface area contributed by atoms with Crippen molar-refractivity contribution in [3.63, 3.8) is 0 Å². The third-order valence-electron chi connectivity index (χ3n) is 5.48. The topological polar surface area (TPSA) is 87.8 Å². The van der Waals surface area contributed by atoms with Crippen molar-refractivity contribution in [3.8, 4) is 5.75 Å². The lowest BCUT2D eigenvalue weighted by molar-refractivity contribution is 0.251. The van der Waals surface area contributed by atoms with Gasteiger partial charge in [-0.2, -0.15) is 4.98 Å². The van der Waals surface area contributed by atoms with Crippen LogP contribution in [0.25, 0.3) is 0 Å². The van der Waals surface area contributed by atoms with E-state index in [1.54, 1.807) is 7.11 Å². The summed E-state index contributed by atoms with van der Waals surface area (Å²) in [4.78, 5) is 11.9. The number of rotatable bonds is 10. The van der Waals surface area contributed by atoms with Gasteiger partial charge in [-0.3, -0.25) is 9.89 Å². The molecule has 1 aromatic heterocycles. The molecule has 32 heavy (non-hydrogen) atoms. The number of aliphatic imine (C=N–C) groups is 1. The van der Waals surface area contributed by atoms with E-state index in [1.165, 1.54) is 18.4 Å². The summed E-state index contributed by atoms with van der Waals surface area (Å²) in [5.41, 5.74) is 1.27. The van der Waals surface area contributed by atoms with Crippen LogP contribution in [0.5, 0.6) is 5.75 Å². The Balaban J connectivity index is 0.00000363. The highest BCUT2D eigenvalue weighted by Crippen LogP contribution is 2.27. The molecule has 1 aliphatic heterocycles. The minimum absolute atomic E-state index is 0. The van der Waals surface area contributed by atoms with Crippen molar-refractivity contribution in [1.29, 1.82) is 0 Å². The van der Waals surface area contributed by atoms with Crippen molar-refractivity contribution in [3.05, 3.63) is 41.5 Å². The summed E-state index contributed by atoms with van der Waals surface area (Å²) < 4.78 is 10.7. The number of hydrogen-bond acceptors (Lipinski definition) is 6. The Labute approximate surface area is 208 Å². The molecule has 0 spiro atoms. The van der Waals surface area contributed by atoms with Gasteiger partial charge in [0.05, 0.1) is 19.7 Å². The van der Waals surface area contributed by atoms with Gasteiger partial charge < -0.3 is 19.9 Å². The minimum Gasteiger partial charge on any atom is -0.497 e. The highest BCUT2D eigenvalue weighted by molar-refractivity contribution is 14.0. The smallest absolute Gasteiger partial charge is 0.228 e. The maximum absolute atomic E-state index is 5.33. The Morgan fingerprint density at radius 3 is 2.50 bits per heavy atom. The van der Waals surface area contributed by atoms with E-state index >= 15 is 0 Å². The van der Waals surface area contributed by atoms with Crippen molar-refractivity contribution in [1.82, 2.24) is 25.7 Å². The molecule has 1 fully saturated rings. The lowest BCUT2D eigenvalue weighted by Gasteiger charge is -2.27. The summed E-state index contributed by atoms with van der Waals surface area (Å²) in [7, 11) is 1.70. The van der Waals surface area contributed by atoms with Gasteiger partial charge in [0.1, 0.15) is 5.75 Å². The highest BCUT2D eigenvalue weighted by atomic mass is 127. The number of guanidine groups is 1. The monoisotopic (exact) mass is 556 g/mol. The van der Waals surface area contributed by atoms with Gasteiger partial charge in [-0.25, -0.2) is 0 Å². The molecule has 0 bridgehead atoms. The lowest BCUT2D eigenvalue weighted by Crippen LogP contribution is -2.39. The molecular formula is C23H37IN6O2. The Kier molecular flexibility index (Phi) is 11.2. The first-order valence-corrected chi connectivity index (χ1v) is 11.3. The van der Waals surface area contributed by atoms with Crippen LogP contribution in [-0.2, 0) is 6.42 Å². The minimum atomic E-state index is 0. The summed E-state index contributed by atoms with van der Waals surface area (Å²) in [6.45, 7) is 10.6. The van der Waals surface area contributed by atoms with Gasteiger partial charge >= 0.3 is 0 Å². The summed E-state index contributed by atoms with van der Waals surface area (Å²) in [6, 6.07) is 8.62. The number of hydrogen-bond donors (Lipinski definition) is 2. The van der Waals surface area contributed by atoms with Gasteiger partial charge in [0.15, 0.2) is 11.8 Å². The number of nitrogens with one attached hydrogen (secondary N) is 2. The van der Waals surface area contributed by atoms with E-state index in [0.29, 0.717) is 25.4 Å². The highest BCUT2D eigenvalue weighted by Gasteiger charge is 2.23. The Bertz CT molecular complexity index is 818. The predicted octanol–water partition coefficient (Wildman–Crippen LogP) is 3.75. The maximum atomic E-state index is 5.33. The molecule has 3 rings (SSSR count). The van der Waals surface area contributed by atoms with Gasteiger partial charge in [0.25, 0.3) is 0 Å². The van der Waals surface area contributed by atoms with Gasteiger partial charge in [0, 0.05) is 25.4 Å². The van der Waals surface area contributed by atoms with Crippen molar-refractivity contribution in [2.75, 3.05) is 39.8 Å². The number of likely N-dealkylation sites (tertiary alicyclic amines) is 1. The Morgan fingerprint density at radius 2 is 1.91 bits per heavy atom. The van der Waals surface area contributed by atoms with Crippen molar-refractivity contribution in [2.45, 2.75) is 52.0 Å². The van der Waals surface area contributed by atoms with E-state index in [-0.39, 0.29) is 35.9 Å². The molecule has 1 aromatic carbocycles. The van der Waals surface area contributed by atoms with E-state index in [1.807, 2.05) is 12.1 Å². The van der Waals surface area contributed by atoms with Crippen LogP contribution in [-0.4, -0.2) is 60.8 Å². The van der Waals surface area contributed by atoms with Gasteiger partial charge in [0.2, 0.25) is 5.89 Å². The maximum Gasteiger partial charge on any atom is 0.228 e. The summed E-state index contributed by atoms with van der Waals surface area (Å²) in [5, 5.41) is 10.8. The average molecular weight is 556 g/mol. The van der Waals surface area contributed by atoms with E-state index < -0.39 is 0 Å². The molecule has 178 valence electrons. The molecular weight excluding hydrogens is 519 g/mol. The normalized spacial score (nSPS) is 15.5. The summed E-state index contributed by atoms with van der Waals surface area (Å²) in [5.74, 6) is 3.36. The first-order valence-electron chi connectivity index (χ1n) is 11.3. The summed E-state index contributed by atoms with van der Waals surface area (Å²) in [6.07, 6.45) is 3.16. The Hall–Kier alpha value is -1.88. The van der Waals surface area contributed by atoms with E-state index in [0.717, 1.165) is 37.2 Å². The van der Waals surface area contributed by atoms with E-state index in [2.05, 4.69) is 58.6 Å². The van der Waals surface area contributed by atoms with Gasteiger partial charge in [-0.15, -0.1) is 24.0 Å². The first kappa shape index (κ1) is 26.4. The van der Waals surface area contributed by atoms with Crippen LogP contribution in [0.15, 0.2) is 33.8 Å². The van der Waals surface area contributed by atoms with Crippen molar-refractivity contribution in [2.24, 2.45) is 4.99 Å². The van der Waals surface area contributed by atoms with Crippen LogP contribution < -0.4 is 15.4 Å². The van der Waals surface area contributed by atoms with Crippen LogP contribution in [0.3, 0.4) is 0 Å². The zero-order chi connectivity index (χ0) is 22.1. The van der Waals surface area contributed by atoms with E-state index in [9.17, 15) is 0 Å². The molecule has 1 atom stereocenters. The van der Waals surface area contributed by atoms with Crippen LogP contribution in [0.4, 0.5) is 0 Å². The molecule has 8 nitrogen and oxygen atoms in total. The second-order valence-corrected chi connectivity index (χ2v) is 8.13. The number of ether oxygens (including phenoxy) is 1. The molecule has 0 aliphatic carbocycles. The molecule has 1 aliphatic rings. The van der Waals surface area contributed by atoms with Crippen molar-refractivity contribution < 1.29 is 9.26 Å². The fraction of sp³-hybridized carbons (Fsp3) is 0.609. The number of nitrogens with zero attached hydrogens (tertiary/aromatic N) is 4. The number of aromatic nitrogens is 2. The zero-order valence-corrected chi connectivity index (χ0v) is 22.0. The zero-order valence-electron chi connectivity index (χ0n) is 19.6. The molecule has 0 saturated carbocycles. The van der Waals surface area contributed by atoms with E-state index in [4.69, 9.17) is 14.3 Å². The number of benzene rings is 1. The van der Waals surface area contributed by atoms with Gasteiger partial charge in [-0.1, -0.05) is 31.1 Å². The first-order chi connectivity index (χ1) is 15.1. The second-order valence-electron chi connectivity index (χ2n) is 8.13. The number of methoxy groups -OCH3 is 1. The van der Waals surface area contributed by atoms with Crippen LogP contribution >= 0.6 is 24.0 Å². The molecule has 9 heteroatoms. The van der Waals surface area contributed by atoms with Crippen LogP contribution in [0.2, 0.25) is 0 Å². The largest absolute Gasteiger partial charge is 0.497 e. The molecule has 1 unspecified atom stereocenters. The Morgan fingerprint density at radius 1 is 1.19 bits per heavy atom. The fourth-order valence-corrected chi connectivity index (χ4v) is 3.72. The van der Waals surface area contributed by atoms with Crippen LogP contribution in [0, 0.1) is 0 Å². The standard InChI is InChI=1S/C23H36N6O2.HI/c1-5-24-23(25-13-12-21-27-22(17(2)3)28-31-21)26-16-20(29-14-6-7-15-29)18-8-10-19(30-4)11-9-18;/h8-11,17,20H,5-7,12-16H2,1-4H3,(H2,24,25,26);1H. The molecule has 2 heterocycles. The molecule has 2 N–H and O–H groups in total. The summed E-state index contributed by atoms with van der Waals surface area (Å²) >= 11 is 0. The van der Waals surface area contributed by atoms with Crippen molar-refractivity contribution >= 4 is 29.9 Å². The number of halogens is 1. The molecule has 0 amide bonds. The van der Waals surface area contributed by atoms with Gasteiger partial charge in [-0.05, 0) is 50.6 Å². The quantitative estimate of drug-likeness (QED) is 0.262. The molecule has 1 saturated heterocycles. The lowest BCUT2D eigenvalue weighted by atomic mass is 10.1. The van der Waals surface area contributed by atoms with Crippen LogP contribution in [0.1, 0.15) is 62.9 Å². The third kappa shape index (κ3) is 7.61. The molecule has 0 radical (unpaired) electrons. The third-order valence-corrected chi connectivity index (χ3v) is 5.48. The average Bonchev–Trinajstić information content (AvgIpc) is 3.47. The fourth-order valence-electron chi connectivity index (χ4n) is 3.72. The predicted molar refractivity (Wildman–Crippen MR) is 138 cm³/mol. The second kappa shape index (κ2) is 13.6.